The number of nitrogens with one attached hydrogen (secondary N) is 1. The average molecular weight is 614 g/mol. The fraction of sp³-hybridized carbons (Fsp3) is 0.484. The molecule has 10 nitrogen and oxygen atoms in total. The number of nitrogens with zero attached hydrogens (tertiary/aromatic N) is 6. The van der Waals surface area contributed by atoms with Crippen LogP contribution < -0.4 is 5.32 Å². The molecule has 1 N–H and O–H groups in total. The third-order valence-electron chi connectivity index (χ3n) is 8.21. The van der Waals surface area contributed by atoms with E-state index in [4.69, 9.17) is 4.74 Å². The van der Waals surface area contributed by atoms with Crippen LogP contribution in [-0.2, 0) is 9.53 Å². The molecule has 1 fully saturated rings. The highest BCUT2D eigenvalue weighted by molar-refractivity contribution is 5.95. The number of pyridine rings is 1. The minimum absolute atomic E-state index is 0.0139. The lowest BCUT2D eigenvalue weighted by molar-refractivity contribution is -0.148. The number of carbonyl (C=O) groups excluding carboxylic acids is 2. The molecular weight excluding hydrogens is 575 g/mol. The quantitative estimate of drug-likeness (QED) is 0.357. The van der Waals surface area contributed by atoms with Crippen molar-refractivity contribution in [3.63, 3.8) is 0 Å². The van der Waals surface area contributed by atoms with Crippen LogP contribution in [0, 0.1) is 0 Å². The van der Waals surface area contributed by atoms with Crippen LogP contribution in [0.3, 0.4) is 0 Å². The van der Waals surface area contributed by atoms with E-state index >= 15 is 0 Å². The Balaban J connectivity index is 1.25. The zero-order valence-electron chi connectivity index (χ0n) is 25.0. The fourth-order valence-corrected chi connectivity index (χ4v) is 5.69. The highest BCUT2D eigenvalue weighted by Crippen LogP contribution is 2.28. The minimum atomic E-state index is -4.35. The maximum atomic E-state index is 13.5. The maximum absolute atomic E-state index is 13.5. The lowest BCUT2D eigenvalue weighted by atomic mass is 10.00. The number of carbonyl (C=O) groups is 2. The predicted molar refractivity (Wildman–Crippen MR) is 161 cm³/mol. The van der Waals surface area contributed by atoms with E-state index < -0.39 is 24.9 Å². The van der Waals surface area contributed by atoms with Crippen molar-refractivity contribution >= 4 is 34.7 Å². The molecule has 2 amide bonds. The van der Waals surface area contributed by atoms with Gasteiger partial charge in [0.1, 0.15) is 0 Å². The summed E-state index contributed by atoms with van der Waals surface area (Å²) in [5, 5.41) is 7.76. The van der Waals surface area contributed by atoms with E-state index in [1.807, 2.05) is 35.2 Å². The smallest absolute Gasteiger partial charge is 0.383 e. The van der Waals surface area contributed by atoms with Crippen molar-refractivity contribution < 1.29 is 27.5 Å². The Morgan fingerprint density at radius 2 is 1.86 bits per heavy atom. The summed E-state index contributed by atoms with van der Waals surface area (Å²) in [6.07, 6.45) is 0.0138. The number of fused-ring (bicyclic) bond motifs is 1. The van der Waals surface area contributed by atoms with Crippen molar-refractivity contribution in [1.82, 2.24) is 29.3 Å². The Bertz CT molecular complexity index is 1480. The van der Waals surface area contributed by atoms with Crippen molar-refractivity contribution in [2.75, 3.05) is 58.8 Å². The molecule has 0 aliphatic carbocycles. The molecule has 44 heavy (non-hydrogen) atoms. The summed E-state index contributed by atoms with van der Waals surface area (Å²) in [4.78, 5) is 36.0. The number of methoxy groups -OCH3 is 1. The molecule has 0 bridgehead atoms. The van der Waals surface area contributed by atoms with Crippen LogP contribution in [0.25, 0.3) is 11.2 Å². The lowest BCUT2D eigenvalue weighted by Crippen LogP contribution is -2.47. The first kappa shape index (κ1) is 31.5. The number of ether oxygens (including phenoxy) is 1. The first-order valence-corrected chi connectivity index (χ1v) is 14.9. The van der Waals surface area contributed by atoms with Gasteiger partial charge in [-0.1, -0.05) is 6.08 Å². The average Bonchev–Trinajstić information content (AvgIpc) is 3.43. The van der Waals surface area contributed by atoms with E-state index in [0.29, 0.717) is 43.3 Å². The first-order valence-electron chi connectivity index (χ1n) is 14.9. The second-order valence-corrected chi connectivity index (χ2v) is 11.3. The van der Waals surface area contributed by atoms with Gasteiger partial charge < -0.3 is 24.8 Å². The fourth-order valence-electron chi connectivity index (χ4n) is 5.69. The highest BCUT2D eigenvalue weighted by atomic mass is 19.4. The van der Waals surface area contributed by atoms with Gasteiger partial charge in [-0.3, -0.25) is 9.59 Å². The van der Waals surface area contributed by atoms with Crippen molar-refractivity contribution in [2.24, 2.45) is 0 Å². The van der Waals surface area contributed by atoms with Crippen LogP contribution in [0.5, 0.6) is 0 Å². The molecule has 5 rings (SSSR count). The Hall–Kier alpha value is -3.97. The van der Waals surface area contributed by atoms with Gasteiger partial charge in [0.2, 0.25) is 11.9 Å². The van der Waals surface area contributed by atoms with Gasteiger partial charge in [-0.15, -0.1) is 5.10 Å². The number of anilines is 2. The molecule has 0 spiro atoms. The third kappa shape index (κ3) is 7.75. The van der Waals surface area contributed by atoms with Gasteiger partial charge in [-0.05, 0) is 81.4 Å². The summed E-state index contributed by atoms with van der Waals surface area (Å²) in [6, 6.07) is 11.2. The summed E-state index contributed by atoms with van der Waals surface area (Å²) in [6.45, 7) is 3.53. The predicted octanol–water partition coefficient (Wildman–Crippen LogP) is 4.61. The second-order valence-electron chi connectivity index (χ2n) is 11.3. The molecule has 0 saturated carbocycles. The van der Waals surface area contributed by atoms with E-state index in [2.05, 4.69) is 27.3 Å². The summed E-state index contributed by atoms with van der Waals surface area (Å²) in [7, 11) is 3.74. The monoisotopic (exact) mass is 613 g/mol. The number of aromatic nitrogens is 3. The standard InChI is InChI=1S/C31H38F3N7O3/c1-38-16-12-25(13-17-38)40(20-21-44-2)29(43)23-5-7-24(8-6-23)35-30-36-28-26(4-3-15-41(28)37-30)22-10-18-39(19-11-22)27(42)9-14-31(32,33)34/h3-8,10,15,25H,9,11-14,16-21H2,1-2H3,(H,35,37). The van der Waals surface area contributed by atoms with Crippen LogP contribution in [-0.4, -0.2) is 107 Å². The van der Waals surface area contributed by atoms with Crippen LogP contribution in [0.15, 0.2) is 48.7 Å². The molecule has 1 aromatic carbocycles. The zero-order valence-corrected chi connectivity index (χ0v) is 25.0. The number of rotatable bonds is 10. The van der Waals surface area contributed by atoms with Gasteiger partial charge >= 0.3 is 6.18 Å². The van der Waals surface area contributed by atoms with Gasteiger partial charge in [0, 0.05) is 62.2 Å². The number of hydrogen-bond donors (Lipinski definition) is 1. The molecule has 2 aliphatic heterocycles. The molecule has 2 aliphatic rings. The SMILES string of the molecule is COCCN(C(=O)c1ccc(Nc2nc3c(C4=CCN(C(=O)CCC(F)(F)F)CC4)cccn3n2)cc1)C1CCN(C)CC1. The van der Waals surface area contributed by atoms with Crippen LogP contribution in [0.4, 0.5) is 24.8 Å². The molecule has 2 aromatic heterocycles. The molecule has 0 unspecified atom stereocenters. The molecule has 0 radical (unpaired) electrons. The second kappa shape index (κ2) is 13.8. The largest absolute Gasteiger partial charge is 0.389 e. The summed E-state index contributed by atoms with van der Waals surface area (Å²) in [5.41, 5.74) is 3.76. The van der Waals surface area contributed by atoms with Gasteiger partial charge in [0.25, 0.3) is 5.91 Å². The number of likely N-dealkylation sites (tertiary alicyclic amines) is 1. The molecule has 1 saturated heterocycles. The van der Waals surface area contributed by atoms with Gasteiger partial charge in [-0.2, -0.15) is 18.2 Å². The van der Waals surface area contributed by atoms with Gasteiger partial charge in [0.15, 0.2) is 5.65 Å². The third-order valence-corrected chi connectivity index (χ3v) is 8.21. The number of alkyl halides is 3. The Labute approximate surface area is 254 Å². The van der Waals surface area contributed by atoms with E-state index in [0.717, 1.165) is 42.8 Å². The number of piperidine rings is 1. The van der Waals surface area contributed by atoms with Crippen LogP contribution in [0.2, 0.25) is 0 Å². The van der Waals surface area contributed by atoms with E-state index in [1.54, 1.807) is 30.0 Å². The number of halogens is 3. The summed E-state index contributed by atoms with van der Waals surface area (Å²) >= 11 is 0. The van der Waals surface area contributed by atoms with Crippen molar-refractivity contribution in [3.05, 3.63) is 59.8 Å². The van der Waals surface area contributed by atoms with Gasteiger partial charge in [0.05, 0.1) is 13.0 Å². The maximum Gasteiger partial charge on any atom is 0.389 e. The lowest BCUT2D eigenvalue weighted by Gasteiger charge is -2.37. The number of amides is 2. The molecule has 4 heterocycles. The normalized spacial score (nSPS) is 16.7. The molecule has 0 atom stereocenters. The van der Waals surface area contributed by atoms with Gasteiger partial charge in [-0.25, -0.2) is 4.52 Å². The minimum Gasteiger partial charge on any atom is -0.383 e. The molecule has 236 valence electrons. The van der Waals surface area contributed by atoms with Crippen molar-refractivity contribution in [1.29, 1.82) is 0 Å². The zero-order chi connectivity index (χ0) is 31.3. The number of hydrogen-bond acceptors (Lipinski definition) is 7. The Morgan fingerprint density at radius 3 is 2.52 bits per heavy atom. The van der Waals surface area contributed by atoms with Crippen molar-refractivity contribution in [3.8, 4) is 0 Å². The Kier molecular flexibility index (Phi) is 9.84. The molecule has 3 aromatic rings. The van der Waals surface area contributed by atoms with E-state index in [9.17, 15) is 22.8 Å². The van der Waals surface area contributed by atoms with Crippen LogP contribution in [0.1, 0.15) is 48.0 Å². The van der Waals surface area contributed by atoms with Crippen molar-refractivity contribution in [2.45, 2.75) is 44.3 Å². The van der Waals surface area contributed by atoms with Crippen LogP contribution >= 0.6 is 0 Å². The summed E-state index contributed by atoms with van der Waals surface area (Å²) < 4.78 is 44.5. The highest BCUT2D eigenvalue weighted by Gasteiger charge is 2.30. The summed E-state index contributed by atoms with van der Waals surface area (Å²) in [5.74, 6) is -0.132. The molecular formula is C31H38F3N7O3. The topological polar surface area (TPSA) is 95.3 Å². The number of benzene rings is 1. The first-order chi connectivity index (χ1) is 21.1. The van der Waals surface area contributed by atoms with E-state index in [-0.39, 0.29) is 18.5 Å². The Morgan fingerprint density at radius 1 is 1.11 bits per heavy atom. The molecule has 13 heteroatoms. The van der Waals surface area contributed by atoms with E-state index in [1.165, 1.54) is 4.90 Å².